The first kappa shape index (κ1) is 3.72. The van der Waals surface area contributed by atoms with Crippen LogP contribution in [0.5, 0.6) is 0 Å². The molecule has 2 heterocycles. The van der Waals surface area contributed by atoms with Crippen LogP contribution in [0.2, 0.25) is 0 Å². The first-order valence-electron chi connectivity index (χ1n) is 8.14. The summed E-state index contributed by atoms with van der Waals surface area (Å²) in [6, 6.07) is 2.41. The largest absolute Gasteiger partial charge is 0.393 e. The van der Waals surface area contributed by atoms with E-state index in [1.165, 1.54) is 6.07 Å². The highest BCUT2D eigenvalue weighted by Gasteiger charge is 2.17. The summed E-state index contributed by atoms with van der Waals surface area (Å²) in [6.45, 7) is -6.58. The molecule has 76 valence electrons. The summed E-state index contributed by atoms with van der Waals surface area (Å²) in [4.78, 5) is 0.127. The van der Waals surface area contributed by atoms with E-state index in [0.717, 1.165) is 6.07 Å². The maximum Gasteiger partial charge on any atom is 0.151 e. The standard InChI is InChI=1S/C9H12BrN3O/c10-8-1-2-9(12-11-8)13-5-3-7(14)4-6-13/h1-2,7,14H,3-6H2/i3D2,4D2,5D2,6D2,7D. The molecule has 1 aromatic rings. The molecule has 0 unspecified atom stereocenters. The Balaban J connectivity index is 2.77. The van der Waals surface area contributed by atoms with Crippen LogP contribution in [0, 0.1) is 0 Å². The van der Waals surface area contributed by atoms with Crippen molar-refractivity contribution in [2.45, 2.75) is 18.8 Å². The van der Waals surface area contributed by atoms with Gasteiger partial charge in [0.25, 0.3) is 0 Å². The lowest BCUT2D eigenvalue weighted by Crippen LogP contribution is -2.36. The third-order valence-corrected chi connectivity index (χ3v) is 1.84. The molecule has 4 nitrogen and oxygen atoms in total. The van der Waals surface area contributed by atoms with Crippen LogP contribution in [0.25, 0.3) is 0 Å². The second-order valence-electron chi connectivity index (χ2n) is 2.37. The third-order valence-electron chi connectivity index (χ3n) is 1.42. The van der Waals surface area contributed by atoms with Crippen molar-refractivity contribution < 1.29 is 17.4 Å². The molecule has 1 aliphatic rings. The highest BCUT2D eigenvalue weighted by atomic mass is 79.9. The van der Waals surface area contributed by atoms with Crippen molar-refractivity contribution in [3.8, 4) is 0 Å². The van der Waals surface area contributed by atoms with E-state index in [9.17, 15) is 5.11 Å². The van der Waals surface area contributed by atoms with Crippen LogP contribution in [-0.2, 0) is 0 Å². The van der Waals surface area contributed by atoms with E-state index in [4.69, 9.17) is 12.3 Å². The molecule has 0 spiro atoms. The Morgan fingerprint density at radius 2 is 2.21 bits per heavy atom. The molecule has 1 aliphatic heterocycles. The summed E-state index contributed by atoms with van der Waals surface area (Å²) in [5.41, 5.74) is 0. The summed E-state index contributed by atoms with van der Waals surface area (Å²) in [7, 11) is 0. The van der Waals surface area contributed by atoms with E-state index in [0.29, 0.717) is 0 Å². The van der Waals surface area contributed by atoms with Crippen molar-refractivity contribution in [3.63, 3.8) is 0 Å². The second kappa shape index (κ2) is 4.23. The Morgan fingerprint density at radius 1 is 1.50 bits per heavy atom. The van der Waals surface area contributed by atoms with Crippen molar-refractivity contribution in [1.29, 1.82) is 0 Å². The molecule has 0 bridgehead atoms. The fourth-order valence-corrected chi connectivity index (χ4v) is 1.03. The smallest absolute Gasteiger partial charge is 0.151 e. The number of halogens is 1. The average Bonchev–Trinajstić information content (AvgIpc) is 2.39. The molecule has 2 rings (SSSR count). The number of aromatic nitrogens is 2. The van der Waals surface area contributed by atoms with Gasteiger partial charge in [-0.1, -0.05) is 0 Å². The zero-order chi connectivity index (χ0) is 18.1. The number of anilines is 1. The summed E-state index contributed by atoms with van der Waals surface area (Å²) in [5, 5.41) is 17.1. The highest BCUT2D eigenvalue weighted by Crippen LogP contribution is 2.17. The molecule has 0 radical (unpaired) electrons. The van der Waals surface area contributed by atoms with E-state index in [1.54, 1.807) is 0 Å². The van der Waals surface area contributed by atoms with Gasteiger partial charge >= 0.3 is 0 Å². The van der Waals surface area contributed by atoms with Gasteiger partial charge < -0.3 is 10.0 Å². The minimum Gasteiger partial charge on any atom is -0.393 e. The van der Waals surface area contributed by atoms with E-state index < -0.39 is 37.6 Å². The van der Waals surface area contributed by atoms with Crippen LogP contribution in [0.4, 0.5) is 5.82 Å². The van der Waals surface area contributed by atoms with Crippen LogP contribution in [-0.4, -0.2) is 34.4 Å². The Kier molecular flexibility index (Phi) is 1.12. The second-order valence-corrected chi connectivity index (χ2v) is 3.18. The minimum atomic E-state index is -3.69. The van der Waals surface area contributed by atoms with E-state index in [2.05, 4.69) is 26.1 Å². The van der Waals surface area contributed by atoms with Crippen LogP contribution < -0.4 is 4.90 Å². The summed E-state index contributed by atoms with van der Waals surface area (Å²) < 4.78 is 70.4. The maximum atomic E-state index is 9.98. The highest BCUT2D eigenvalue weighted by molar-refractivity contribution is 9.10. The minimum absolute atomic E-state index is 0.127. The number of nitrogens with zero attached hydrogens (tertiary/aromatic N) is 3. The normalized spacial score (nSPS) is 44.7. The molecule has 14 heavy (non-hydrogen) atoms. The number of hydrogen-bond donors (Lipinski definition) is 1. The van der Waals surface area contributed by atoms with Crippen LogP contribution in [0.3, 0.4) is 0 Å². The average molecular weight is 267 g/mol. The summed E-state index contributed by atoms with van der Waals surface area (Å²) in [6.07, 6.45) is -10.7. The maximum absolute atomic E-state index is 9.98. The molecule has 1 aromatic heterocycles. The number of piperidine rings is 1. The number of hydrogen-bond acceptors (Lipinski definition) is 4. The van der Waals surface area contributed by atoms with Crippen molar-refractivity contribution in [2.24, 2.45) is 0 Å². The third kappa shape index (κ3) is 2.22. The van der Waals surface area contributed by atoms with Gasteiger partial charge in [-0.05, 0) is 40.8 Å². The number of aliphatic hydroxyl groups is 1. The van der Waals surface area contributed by atoms with Gasteiger partial charge in [0.1, 0.15) is 4.60 Å². The molecule has 5 heteroatoms. The molecular weight excluding hydrogens is 246 g/mol. The molecular formula is C9H12BrN3O. The zero-order valence-electron chi connectivity index (χ0n) is 15.8. The lowest BCUT2D eigenvalue weighted by molar-refractivity contribution is 0.145. The molecule has 0 aromatic carbocycles. The fraction of sp³-hybridized carbons (Fsp3) is 0.556. The molecule has 1 fully saturated rings. The Morgan fingerprint density at radius 3 is 2.79 bits per heavy atom. The molecule has 0 amide bonds. The fourth-order valence-electron chi connectivity index (χ4n) is 0.820. The first-order valence-corrected chi connectivity index (χ1v) is 4.43. The molecule has 1 N–H and O–H groups in total. The predicted molar refractivity (Wildman–Crippen MR) is 57.2 cm³/mol. The molecule has 1 saturated heterocycles. The van der Waals surface area contributed by atoms with Gasteiger partial charge in [0.05, 0.1) is 7.45 Å². The van der Waals surface area contributed by atoms with E-state index in [1.807, 2.05) is 0 Å². The Labute approximate surface area is 104 Å². The summed E-state index contributed by atoms with van der Waals surface area (Å²) >= 11 is 2.99. The van der Waals surface area contributed by atoms with Gasteiger partial charge in [-0.2, -0.15) is 0 Å². The van der Waals surface area contributed by atoms with Gasteiger partial charge in [-0.25, -0.2) is 0 Å². The van der Waals surface area contributed by atoms with Crippen LogP contribution >= 0.6 is 15.9 Å². The van der Waals surface area contributed by atoms with Crippen molar-refractivity contribution in [2.75, 3.05) is 17.9 Å². The Bertz CT molecular complexity index is 591. The number of rotatable bonds is 1. The van der Waals surface area contributed by atoms with Gasteiger partial charge in [-0.15, -0.1) is 10.2 Å². The van der Waals surface area contributed by atoms with Crippen molar-refractivity contribution in [1.82, 2.24) is 10.2 Å². The van der Waals surface area contributed by atoms with E-state index in [-0.39, 0.29) is 9.50 Å². The lowest BCUT2D eigenvalue weighted by Gasteiger charge is -2.29. The molecule has 0 aliphatic carbocycles. The van der Waals surface area contributed by atoms with E-state index >= 15 is 0 Å². The van der Waals surface area contributed by atoms with Crippen LogP contribution in [0.15, 0.2) is 16.7 Å². The summed E-state index contributed by atoms with van der Waals surface area (Å²) in [5.74, 6) is -0.480. The topological polar surface area (TPSA) is 49.2 Å². The zero-order valence-corrected chi connectivity index (χ0v) is 8.41. The SMILES string of the molecule is [2H]C1([2H])N(c2ccc(Br)nn2)C([2H])([2H])C([2H])([2H])C([2H])(O)C1([2H])[2H]. The molecule has 0 saturated carbocycles. The first-order chi connectivity index (χ1) is 10.1. The predicted octanol–water partition coefficient (Wildman–Crippen LogP) is 1.20. The van der Waals surface area contributed by atoms with Crippen molar-refractivity contribution >= 4 is 21.7 Å². The van der Waals surface area contributed by atoms with Gasteiger partial charge in [0, 0.05) is 24.0 Å². The molecule has 0 atom stereocenters. The quantitative estimate of drug-likeness (QED) is 0.830. The van der Waals surface area contributed by atoms with Gasteiger partial charge in [0.2, 0.25) is 0 Å². The van der Waals surface area contributed by atoms with Crippen molar-refractivity contribution in [3.05, 3.63) is 16.7 Å². The van der Waals surface area contributed by atoms with Gasteiger partial charge in [0.15, 0.2) is 5.82 Å². The lowest BCUT2D eigenvalue weighted by atomic mass is 10.1. The van der Waals surface area contributed by atoms with Crippen LogP contribution in [0.1, 0.15) is 25.1 Å². The Hall–Kier alpha value is -0.680. The monoisotopic (exact) mass is 266 g/mol. The van der Waals surface area contributed by atoms with Gasteiger partial charge in [-0.3, -0.25) is 0 Å².